The second-order valence-electron chi connectivity index (χ2n) is 7.52. The van der Waals surface area contributed by atoms with E-state index in [0.717, 1.165) is 32.4 Å². The summed E-state index contributed by atoms with van der Waals surface area (Å²) in [5.41, 5.74) is 10.2. The summed E-state index contributed by atoms with van der Waals surface area (Å²) in [6.45, 7) is 6.34. The first-order chi connectivity index (χ1) is 13.8. The monoisotopic (exact) mass is 406 g/mol. The van der Waals surface area contributed by atoms with E-state index in [9.17, 15) is 0 Å². The molecule has 2 aromatic carbocycles. The van der Waals surface area contributed by atoms with Crippen LogP contribution in [-0.2, 0) is 25.8 Å². The number of fused-ring (bicyclic) bond motifs is 2. The van der Waals surface area contributed by atoms with Gasteiger partial charge in [-0.05, 0) is 42.2 Å². The largest absolute Gasteiger partial charge is 0.361 e. The van der Waals surface area contributed by atoms with E-state index in [1.54, 1.807) is 0 Å². The molecule has 5 heteroatoms. The molecule has 4 aromatic rings. The topological polar surface area (TPSA) is 45.6 Å². The molecule has 2 aromatic heterocycles. The van der Waals surface area contributed by atoms with Crippen molar-refractivity contribution in [3.8, 4) is 16.9 Å². The molecule has 4 nitrogen and oxygen atoms in total. The number of hydrogen-bond acceptors (Lipinski definition) is 2. The molecule has 1 aliphatic heterocycles. The molecule has 150 valence electrons. The predicted octanol–water partition coefficient (Wildman–Crippen LogP) is 5.21. The molecule has 0 unspecified atom stereocenters. The summed E-state index contributed by atoms with van der Waals surface area (Å²) in [4.78, 5) is 3.30. The first-order valence-corrected chi connectivity index (χ1v) is 10.3. The normalized spacial score (nSPS) is 13.3. The Kier molecular flexibility index (Phi) is 5.48. The van der Waals surface area contributed by atoms with Crippen LogP contribution in [0.2, 0.25) is 0 Å². The third-order valence-electron chi connectivity index (χ3n) is 5.91. The molecule has 29 heavy (non-hydrogen) atoms. The fourth-order valence-electron chi connectivity index (χ4n) is 4.45. The van der Waals surface area contributed by atoms with Crippen molar-refractivity contribution in [3.05, 3.63) is 71.0 Å². The minimum absolute atomic E-state index is 0. The van der Waals surface area contributed by atoms with Crippen LogP contribution in [0.3, 0.4) is 0 Å². The number of aromatic amines is 1. The predicted molar refractivity (Wildman–Crippen MR) is 122 cm³/mol. The number of aryl methyl sites for hydroxylation is 2. The standard InChI is InChI=1S/C24H26N4.ClH/c1-3-16-6-5-7-17(4-2)23(16)28-24(20-15-25-12-11-22(20)27-28)19-8-9-21-18(14-19)10-13-26-21;/h5-10,13-14,25-26H,3-4,11-12,15H2,1-2H3;1H. The van der Waals surface area contributed by atoms with Gasteiger partial charge < -0.3 is 10.3 Å². The third kappa shape index (κ3) is 3.26. The summed E-state index contributed by atoms with van der Waals surface area (Å²) in [7, 11) is 0. The molecule has 5 rings (SSSR count). The fourth-order valence-corrected chi connectivity index (χ4v) is 4.45. The van der Waals surface area contributed by atoms with Crippen molar-refractivity contribution in [2.75, 3.05) is 6.54 Å². The molecule has 1 aliphatic rings. The zero-order valence-electron chi connectivity index (χ0n) is 17.0. The highest BCUT2D eigenvalue weighted by molar-refractivity contribution is 5.86. The number of rotatable bonds is 4. The van der Waals surface area contributed by atoms with Gasteiger partial charge in [0.1, 0.15) is 0 Å². The molecule has 0 saturated heterocycles. The average Bonchev–Trinajstić information content (AvgIpc) is 3.36. The SMILES string of the molecule is CCc1cccc(CC)c1-n1nc2c(c1-c1ccc3[nH]ccc3c1)CNCC2.Cl. The minimum Gasteiger partial charge on any atom is -0.361 e. The lowest BCUT2D eigenvalue weighted by atomic mass is 9.99. The number of aromatic nitrogens is 3. The smallest absolute Gasteiger partial charge is 0.0789 e. The van der Waals surface area contributed by atoms with Gasteiger partial charge in [0.05, 0.1) is 17.1 Å². The van der Waals surface area contributed by atoms with E-state index in [4.69, 9.17) is 5.10 Å². The van der Waals surface area contributed by atoms with Gasteiger partial charge in [-0.1, -0.05) is 38.1 Å². The van der Waals surface area contributed by atoms with Gasteiger partial charge in [0, 0.05) is 47.7 Å². The Hall–Kier alpha value is -2.56. The van der Waals surface area contributed by atoms with Crippen molar-refractivity contribution < 1.29 is 0 Å². The summed E-state index contributed by atoms with van der Waals surface area (Å²) in [6, 6.07) is 15.5. The van der Waals surface area contributed by atoms with Crippen LogP contribution in [0.25, 0.3) is 27.8 Å². The van der Waals surface area contributed by atoms with Crippen LogP contribution in [0, 0.1) is 0 Å². The van der Waals surface area contributed by atoms with Crippen molar-refractivity contribution in [2.45, 2.75) is 39.7 Å². The fraction of sp³-hybridized carbons (Fsp3) is 0.292. The van der Waals surface area contributed by atoms with Crippen LogP contribution in [0.4, 0.5) is 0 Å². The Morgan fingerprint density at radius 1 is 1.03 bits per heavy atom. The zero-order valence-corrected chi connectivity index (χ0v) is 17.8. The highest BCUT2D eigenvalue weighted by Gasteiger charge is 2.24. The molecule has 3 heterocycles. The van der Waals surface area contributed by atoms with Crippen LogP contribution >= 0.6 is 12.4 Å². The van der Waals surface area contributed by atoms with E-state index in [2.05, 4.69) is 71.3 Å². The Morgan fingerprint density at radius 2 is 1.83 bits per heavy atom. The second kappa shape index (κ2) is 8.05. The highest BCUT2D eigenvalue weighted by Crippen LogP contribution is 2.34. The van der Waals surface area contributed by atoms with E-state index >= 15 is 0 Å². The van der Waals surface area contributed by atoms with Crippen molar-refractivity contribution >= 4 is 23.3 Å². The Bertz CT molecular complexity index is 1130. The van der Waals surface area contributed by atoms with Gasteiger partial charge in [-0.2, -0.15) is 5.10 Å². The minimum atomic E-state index is 0. The molecule has 0 saturated carbocycles. The number of nitrogens with one attached hydrogen (secondary N) is 2. The van der Waals surface area contributed by atoms with E-state index in [1.807, 2.05) is 6.20 Å². The van der Waals surface area contributed by atoms with Gasteiger partial charge in [-0.3, -0.25) is 0 Å². The summed E-state index contributed by atoms with van der Waals surface area (Å²) < 4.78 is 2.24. The van der Waals surface area contributed by atoms with Gasteiger partial charge in [-0.25, -0.2) is 4.68 Å². The third-order valence-corrected chi connectivity index (χ3v) is 5.91. The van der Waals surface area contributed by atoms with Crippen LogP contribution < -0.4 is 5.32 Å². The lowest BCUT2D eigenvalue weighted by Crippen LogP contribution is -2.23. The Balaban J connectivity index is 0.00000205. The van der Waals surface area contributed by atoms with E-state index < -0.39 is 0 Å². The molecule has 0 fully saturated rings. The van der Waals surface area contributed by atoms with Gasteiger partial charge in [0.2, 0.25) is 0 Å². The molecule has 0 atom stereocenters. The number of benzene rings is 2. The Morgan fingerprint density at radius 3 is 2.59 bits per heavy atom. The van der Waals surface area contributed by atoms with E-state index in [0.29, 0.717) is 0 Å². The molecule has 0 spiro atoms. The Labute approximate surface area is 177 Å². The van der Waals surface area contributed by atoms with Gasteiger partial charge >= 0.3 is 0 Å². The molecule has 0 aliphatic carbocycles. The molecule has 0 amide bonds. The maximum atomic E-state index is 5.15. The maximum Gasteiger partial charge on any atom is 0.0789 e. The molecular formula is C24H27ClN4. The van der Waals surface area contributed by atoms with Crippen LogP contribution in [0.1, 0.15) is 36.2 Å². The molecule has 2 N–H and O–H groups in total. The number of halogens is 1. The lowest BCUT2D eigenvalue weighted by Gasteiger charge is -2.17. The van der Waals surface area contributed by atoms with Gasteiger partial charge in [0.25, 0.3) is 0 Å². The quantitative estimate of drug-likeness (QED) is 0.488. The lowest BCUT2D eigenvalue weighted by molar-refractivity contribution is 0.635. The summed E-state index contributed by atoms with van der Waals surface area (Å²) >= 11 is 0. The second-order valence-corrected chi connectivity index (χ2v) is 7.52. The van der Waals surface area contributed by atoms with Gasteiger partial charge in [0.15, 0.2) is 0 Å². The van der Waals surface area contributed by atoms with Crippen LogP contribution in [0.15, 0.2) is 48.7 Å². The number of nitrogens with zero attached hydrogens (tertiary/aromatic N) is 2. The van der Waals surface area contributed by atoms with Crippen molar-refractivity contribution in [1.29, 1.82) is 0 Å². The first-order valence-electron chi connectivity index (χ1n) is 10.3. The summed E-state index contributed by atoms with van der Waals surface area (Å²) in [6.07, 6.45) is 4.99. The van der Waals surface area contributed by atoms with Crippen molar-refractivity contribution in [1.82, 2.24) is 20.1 Å². The van der Waals surface area contributed by atoms with Crippen molar-refractivity contribution in [2.24, 2.45) is 0 Å². The zero-order chi connectivity index (χ0) is 19.1. The molecule has 0 radical (unpaired) electrons. The van der Waals surface area contributed by atoms with Gasteiger partial charge in [-0.15, -0.1) is 12.4 Å². The summed E-state index contributed by atoms with van der Waals surface area (Å²) in [5, 5.41) is 9.94. The molecule has 0 bridgehead atoms. The number of hydrogen-bond donors (Lipinski definition) is 2. The van der Waals surface area contributed by atoms with Crippen LogP contribution in [0.5, 0.6) is 0 Å². The molecular weight excluding hydrogens is 380 g/mol. The van der Waals surface area contributed by atoms with Crippen LogP contribution in [-0.4, -0.2) is 21.3 Å². The van der Waals surface area contributed by atoms with E-state index in [1.165, 1.54) is 50.2 Å². The summed E-state index contributed by atoms with van der Waals surface area (Å²) in [5.74, 6) is 0. The van der Waals surface area contributed by atoms with E-state index in [-0.39, 0.29) is 12.4 Å². The number of H-pyrrole nitrogens is 1. The highest BCUT2D eigenvalue weighted by atomic mass is 35.5. The first kappa shape index (κ1) is 19.7. The van der Waals surface area contributed by atoms with Crippen molar-refractivity contribution in [3.63, 3.8) is 0 Å². The number of para-hydroxylation sites is 1. The average molecular weight is 407 g/mol. The maximum absolute atomic E-state index is 5.15.